The van der Waals surface area contributed by atoms with Crippen molar-refractivity contribution in [2.24, 2.45) is 5.92 Å². The molecule has 128 valence electrons. The second-order valence-electron chi connectivity index (χ2n) is 5.38. The summed E-state index contributed by atoms with van der Waals surface area (Å²) in [5.74, 6) is 0.805. The molecule has 1 aliphatic rings. The summed E-state index contributed by atoms with van der Waals surface area (Å²) in [6.45, 7) is 2.64. The zero-order valence-electron chi connectivity index (χ0n) is 13.0. The van der Waals surface area contributed by atoms with Gasteiger partial charge in [0, 0.05) is 6.54 Å². The lowest BCUT2D eigenvalue weighted by atomic mass is 10.1. The van der Waals surface area contributed by atoms with E-state index >= 15 is 0 Å². The molecular formula is C16H24ClN3O3. The van der Waals surface area contributed by atoms with Gasteiger partial charge in [0.15, 0.2) is 6.61 Å². The highest BCUT2D eigenvalue weighted by Crippen LogP contribution is 2.10. The molecule has 0 aliphatic carbocycles. The van der Waals surface area contributed by atoms with Crippen LogP contribution in [-0.4, -0.2) is 44.6 Å². The third-order valence-electron chi connectivity index (χ3n) is 3.60. The molecule has 6 nitrogen and oxygen atoms in total. The molecule has 1 aliphatic heterocycles. The van der Waals surface area contributed by atoms with Crippen LogP contribution in [0.2, 0.25) is 0 Å². The van der Waals surface area contributed by atoms with Gasteiger partial charge in [0.1, 0.15) is 5.75 Å². The van der Waals surface area contributed by atoms with E-state index in [1.165, 1.54) is 6.42 Å². The van der Waals surface area contributed by atoms with Gasteiger partial charge in [-0.05, 0) is 44.0 Å². The maximum Gasteiger partial charge on any atom is 0.258 e. The number of hydrogen-bond donors (Lipinski definition) is 3. The Kier molecular flexibility index (Phi) is 9.09. The number of carbonyl (C=O) groups is 2. The van der Waals surface area contributed by atoms with E-state index in [9.17, 15) is 9.59 Å². The fourth-order valence-electron chi connectivity index (χ4n) is 2.33. The Bertz CT molecular complexity index is 479. The Hall–Kier alpha value is -1.79. The molecule has 23 heavy (non-hydrogen) atoms. The average molecular weight is 342 g/mol. The van der Waals surface area contributed by atoms with Gasteiger partial charge in [-0.2, -0.15) is 0 Å². The summed E-state index contributed by atoms with van der Waals surface area (Å²) >= 11 is 0. The van der Waals surface area contributed by atoms with Crippen LogP contribution in [0.15, 0.2) is 30.3 Å². The number of rotatable bonds is 8. The molecule has 0 aromatic heterocycles. The molecule has 1 fully saturated rings. The molecule has 1 aromatic rings. The first-order valence-electron chi connectivity index (χ1n) is 7.66. The Labute approximate surface area is 142 Å². The average Bonchev–Trinajstić information content (AvgIpc) is 3.05. The van der Waals surface area contributed by atoms with Crippen LogP contribution in [0.25, 0.3) is 0 Å². The van der Waals surface area contributed by atoms with Gasteiger partial charge in [-0.1, -0.05) is 18.2 Å². The predicted molar refractivity (Wildman–Crippen MR) is 90.8 cm³/mol. The van der Waals surface area contributed by atoms with E-state index in [-0.39, 0.29) is 37.4 Å². The molecule has 1 aromatic carbocycles. The van der Waals surface area contributed by atoms with Crippen LogP contribution >= 0.6 is 12.4 Å². The van der Waals surface area contributed by atoms with Crippen molar-refractivity contribution in [3.8, 4) is 5.75 Å². The fraction of sp³-hybridized carbons (Fsp3) is 0.500. The summed E-state index contributed by atoms with van der Waals surface area (Å²) in [5, 5.41) is 8.65. The van der Waals surface area contributed by atoms with Crippen molar-refractivity contribution in [2.75, 3.05) is 32.8 Å². The fourth-order valence-corrected chi connectivity index (χ4v) is 2.33. The molecule has 2 rings (SSSR count). The van der Waals surface area contributed by atoms with Crippen molar-refractivity contribution in [1.82, 2.24) is 16.0 Å². The van der Waals surface area contributed by atoms with Crippen LogP contribution in [0.5, 0.6) is 5.75 Å². The van der Waals surface area contributed by atoms with Crippen molar-refractivity contribution >= 4 is 24.2 Å². The van der Waals surface area contributed by atoms with Crippen LogP contribution in [-0.2, 0) is 9.59 Å². The molecule has 1 saturated heterocycles. The highest BCUT2D eigenvalue weighted by molar-refractivity contribution is 5.85. The van der Waals surface area contributed by atoms with Gasteiger partial charge in [-0.15, -0.1) is 12.4 Å². The highest BCUT2D eigenvalue weighted by Gasteiger charge is 2.14. The minimum atomic E-state index is -0.306. The van der Waals surface area contributed by atoms with Gasteiger partial charge in [0.2, 0.25) is 5.91 Å². The van der Waals surface area contributed by atoms with Gasteiger partial charge in [-0.25, -0.2) is 0 Å². The second kappa shape index (κ2) is 10.9. The van der Waals surface area contributed by atoms with Crippen molar-refractivity contribution in [3.63, 3.8) is 0 Å². The van der Waals surface area contributed by atoms with E-state index in [1.54, 1.807) is 12.1 Å². The summed E-state index contributed by atoms with van der Waals surface area (Å²) < 4.78 is 5.30. The smallest absolute Gasteiger partial charge is 0.258 e. The van der Waals surface area contributed by atoms with Gasteiger partial charge in [0.25, 0.3) is 5.91 Å². The Morgan fingerprint density at radius 2 is 1.96 bits per heavy atom. The maximum atomic E-state index is 11.6. The van der Waals surface area contributed by atoms with E-state index in [1.807, 2.05) is 18.2 Å². The number of hydrogen-bond acceptors (Lipinski definition) is 4. The third-order valence-corrected chi connectivity index (χ3v) is 3.60. The molecule has 2 amide bonds. The van der Waals surface area contributed by atoms with E-state index in [2.05, 4.69) is 16.0 Å². The Morgan fingerprint density at radius 3 is 2.65 bits per heavy atom. The summed E-state index contributed by atoms with van der Waals surface area (Å²) in [6, 6.07) is 9.09. The summed E-state index contributed by atoms with van der Waals surface area (Å²) in [7, 11) is 0. The molecule has 0 radical (unpaired) electrons. The SMILES string of the molecule is Cl.O=C(CNC(=O)COc1ccccc1)NCCC1CCNC1. The van der Waals surface area contributed by atoms with Gasteiger partial charge >= 0.3 is 0 Å². The molecule has 7 heteroatoms. The molecular weight excluding hydrogens is 318 g/mol. The monoisotopic (exact) mass is 341 g/mol. The van der Waals surface area contributed by atoms with Gasteiger partial charge < -0.3 is 20.7 Å². The standard InChI is InChI=1S/C16H23N3O3.ClH/c20-15(18-9-7-13-6-8-17-10-13)11-19-16(21)12-22-14-4-2-1-3-5-14;/h1-5,13,17H,6-12H2,(H,18,20)(H,19,21);1H. The van der Waals surface area contributed by atoms with Gasteiger partial charge in [-0.3, -0.25) is 9.59 Å². The largest absolute Gasteiger partial charge is 0.484 e. The predicted octanol–water partition coefficient (Wildman–Crippen LogP) is 0.719. The zero-order chi connectivity index (χ0) is 15.6. The van der Waals surface area contributed by atoms with Crippen LogP contribution in [0.1, 0.15) is 12.8 Å². The number of amides is 2. The first-order chi connectivity index (χ1) is 10.7. The van der Waals surface area contributed by atoms with Crippen molar-refractivity contribution in [1.29, 1.82) is 0 Å². The molecule has 3 N–H and O–H groups in total. The maximum absolute atomic E-state index is 11.6. The second-order valence-corrected chi connectivity index (χ2v) is 5.38. The number of benzene rings is 1. The Morgan fingerprint density at radius 1 is 1.17 bits per heavy atom. The topological polar surface area (TPSA) is 79.5 Å². The normalized spacial score (nSPS) is 16.3. The highest BCUT2D eigenvalue weighted by atomic mass is 35.5. The number of halogens is 1. The summed E-state index contributed by atoms with van der Waals surface area (Å²) in [6.07, 6.45) is 2.15. The lowest BCUT2D eigenvalue weighted by Crippen LogP contribution is -2.39. The van der Waals surface area contributed by atoms with Crippen molar-refractivity contribution < 1.29 is 14.3 Å². The third kappa shape index (κ3) is 7.85. The Balaban J connectivity index is 0.00000264. The van der Waals surface area contributed by atoms with E-state index in [4.69, 9.17) is 4.74 Å². The number of para-hydroxylation sites is 1. The first-order valence-corrected chi connectivity index (χ1v) is 7.66. The quantitative estimate of drug-likeness (QED) is 0.651. The molecule has 1 heterocycles. The minimum absolute atomic E-state index is 0. The van der Waals surface area contributed by atoms with E-state index in [0.29, 0.717) is 18.2 Å². The van der Waals surface area contributed by atoms with Gasteiger partial charge in [0.05, 0.1) is 6.54 Å². The number of nitrogens with one attached hydrogen (secondary N) is 3. The summed E-state index contributed by atoms with van der Waals surface area (Å²) in [5.41, 5.74) is 0. The van der Waals surface area contributed by atoms with E-state index < -0.39 is 0 Å². The van der Waals surface area contributed by atoms with Crippen LogP contribution < -0.4 is 20.7 Å². The van der Waals surface area contributed by atoms with E-state index in [0.717, 1.165) is 19.5 Å². The number of ether oxygens (including phenoxy) is 1. The molecule has 1 atom stereocenters. The van der Waals surface area contributed by atoms with Crippen LogP contribution in [0, 0.1) is 5.92 Å². The lowest BCUT2D eigenvalue weighted by Gasteiger charge is -2.10. The first kappa shape index (κ1) is 19.3. The van der Waals surface area contributed by atoms with Crippen molar-refractivity contribution in [3.05, 3.63) is 30.3 Å². The minimum Gasteiger partial charge on any atom is -0.484 e. The molecule has 0 spiro atoms. The molecule has 0 bridgehead atoms. The van der Waals surface area contributed by atoms with Crippen molar-refractivity contribution in [2.45, 2.75) is 12.8 Å². The lowest BCUT2D eigenvalue weighted by molar-refractivity contribution is -0.127. The molecule has 1 unspecified atom stereocenters. The number of carbonyl (C=O) groups excluding carboxylic acids is 2. The van der Waals surface area contributed by atoms with Crippen LogP contribution in [0.3, 0.4) is 0 Å². The molecule has 0 saturated carbocycles. The summed E-state index contributed by atoms with van der Waals surface area (Å²) in [4.78, 5) is 23.2. The zero-order valence-corrected chi connectivity index (χ0v) is 13.9. The van der Waals surface area contributed by atoms with Crippen LogP contribution in [0.4, 0.5) is 0 Å².